The van der Waals surface area contributed by atoms with Crippen LogP contribution in [0.2, 0.25) is 0 Å². The van der Waals surface area contributed by atoms with Gasteiger partial charge < -0.3 is 9.84 Å². The third-order valence-electron chi connectivity index (χ3n) is 1.64. The van der Waals surface area contributed by atoms with Crippen LogP contribution in [0.25, 0.3) is 0 Å². The van der Waals surface area contributed by atoms with Crippen LogP contribution in [0.1, 0.15) is 26.2 Å². The largest absolute Gasteiger partial charge is 0.481 e. The lowest BCUT2D eigenvalue weighted by molar-refractivity contribution is -0.142. The van der Waals surface area contributed by atoms with Crippen LogP contribution in [0.4, 0.5) is 0 Å². The van der Waals surface area contributed by atoms with Crippen molar-refractivity contribution in [3.63, 3.8) is 0 Å². The van der Waals surface area contributed by atoms with E-state index in [-0.39, 0.29) is 12.0 Å². The molecule has 0 amide bonds. The van der Waals surface area contributed by atoms with E-state index in [0.717, 1.165) is 12.8 Å². The molecule has 0 radical (unpaired) electrons. The first-order valence-corrected chi connectivity index (χ1v) is 6.21. The lowest BCUT2D eigenvalue weighted by atomic mass is 10.2. The van der Waals surface area contributed by atoms with Crippen molar-refractivity contribution in [1.29, 1.82) is 5.26 Å². The van der Waals surface area contributed by atoms with E-state index in [0.29, 0.717) is 6.61 Å². The molecule has 5 nitrogen and oxygen atoms in total. The standard InChI is InChI=1S/C9H14O4.C4H6.C3H3N/c1-3-4-5-13-9(12)7(2)6-8(10)11;1-3-4-2;1-2-3-4/h2-6H2,1H3,(H,10,11);3-4H,1-2H2;2H,1H2. The summed E-state index contributed by atoms with van der Waals surface area (Å²) < 4.78 is 4.74. The Hall–Kier alpha value is -2.61. The Morgan fingerprint density at radius 2 is 1.76 bits per heavy atom. The highest BCUT2D eigenvalue weighted by atomic mass is 16.5. The number of aliphatic carboxylic acids is 1. The molecular formula is C16H23NO4. The van der Waals surface area contributed by atoms with Gasteiger partial charge in [-0.3, -0.25) is 4.79 Å². The van der Waals surface area contributed by atoms with Crippen LogP contribution >= 0.6 is 0 Å². The molecule has 0 heterocycles. The van der Waals surface area contributed by atoms with E-state index >= 15 is 0 Å². The van der Waals surface area contributed by atoms with Gasteiger partial charge in [0.1, 0.15) is 0 Å². The van der Waals surface area contributed by atoms with Gasteiger partial charge in [0.15, 0.2) is 0 Å². The maximum Gasteiger partial charge on any atom is 0.333 e. The number of esters is 1. The monoisotopic (exact) mass is 293 g/mol. The Morgan fingerprint density at radius 3 is 2.05 bits per heavy atom. The molecule has 0 aliphatic heterocycles. The Balaban J connectivity index is -0.000000334. The Kier molecular flexibility index (Phi) is 22.1. The number of nitrogens with zero attached hydrogens (tertiary/aromatic N) is 1. The van der Waals surface area contributed by atoms with Crippen LogP contribution in [-0.4, -0.2) is 23.7 Å². The highest BCUT2D eigenvalue weighted by molar-refractivity contribution is 5.92. The first-order chi connectivity index (χ1) is 9.90. The molecule has 116 valence electrons. The molecule has 5 heteroatoms. The average Bonchev–Trinajstić information content (AvgIpc) is 2.47. The van der Waals surface area contributed by atoms with Gasteiger partial charge in [-0.2, -0.15) is 5.26 Å². The zero-order chi connectivity index (χ0) is 17.1. The summed E-state index contributed by atoms with van der Waals surface area (Å²) in [6.07, 6.45) is 5.82. The Morgan fingerprint density at radius 1 is 1.29 bits per heavy atom. The van der Waals surface area contributed by atoms with Gasteiger partial charge in [0.05, 0.1) is 19.1 Å². The molecule has 0 aliphatic carbocycles. The van der Waals surface area contributed by atoms with Crippen LogP contribution in [0.15, 0.2) is 50.1 Å². The predicted octanol–water partition coefficient (Wildman–Crippen LogP) is 3.41. The van der Waals surface area contributed by atoms with E-state index in [4.69, 9.17) is 15.1 Å². The molecule has 0 unspecified atom stereocenters. The maximum absolute atomic E-state index is 11.0. The molecule has 0 rings (SSSR count). The summed E-state index contributed by atoms with van der Waals surface area (Å²) in [5.74, 6) is -1.69. The van der Waals surface area contributed by atoms with Crippen molar-refractivity contribution in [1.82, 2.24) is 0 Å². The SMILES string of the molecule is C=C(CC(=O)O)C(=O)OCCCC.C=CC#N.C=CC=C. The zero-order valence-corrected chi connectivity index (χ0v) is 12.5. The van der Waals surface area contributed by atoms with Gasteiger partial charge in [-0.15, -0.1) is 0 Å². The number of allylic oxidation sites excluding steroid dienone is 3. The van der Waals surface area contributed by atoms with E-state index in [2.05, 4.69) is 26.3 Å². The molecule has 0 aromatic rings. The first-order valence-electron chi connectivity index (χ1n) is 6.21. The highest BCUT2D eigenvalue weighted by Crippen LogP contribution is 2.01. The van der Waals surface area contributed by atoms with Crippen LogP contribution in [-0.2, 0) is 14.3 Å². The van der Waals surface area contributed by atoms with Crippen LogP contribution in [0.3, 0.4) is 0 Å². The van der Waals surface area contributed by atoms with Crippen molar-refractivity contribution in [2.75, 3.05) is 6.61 Å². The smallest absolute Gasteiger partial charge is 0.333 e. The van der Waals surface area contributed by atoms with E-state index in [1.165, 1.54) is 6.08 Å². The van der Waals surface area contributed by atoms with Gasteiger partial charge in [-0.1, -0.05) is 51.8 Å². The molecule has 0 saturated carbocycles. The summed E-state index contributed by atoms with van der Waals surface area (Å²) >= 11 is 0. The number of unbranched alkanes of at least 4 members (excludes halogenated alkanes) is 1. The highest BCUT2D eigenvalue weighted by Gasteiger charge is 2.11. The van der Waals surface area contributed by atoms with Gasteiger partial charge in [0, 0.05) is 11.6 Å². The molecule has 0 atom stereocenters. The van der Waals surface area contributed by atoms with Crippen LogP contribution in [0, 0.1) is 11.3 Å². The number of rotatable bonds is 7. The van der Waals surface area contributed by atoms with Gasteiger partial charge in [-0.25, -0.2) is 4.79 Å². The number of nitriles is 1. The quantitative estimate of drug-likeness (QED) is 0.255. The number of carbonyl (C=O) groups is 2. The Labute approximate surface area is 126 Å². The summed E-state index contributed by atoms with van der Waals surface area (Å²) in [5.41, 5.74) is -0.0106. The number of carbonyl (C=O) groups excluding carboxylic acids is 1. The maximum atomic E-state index is 11.0. The van der Waals surface area contributed by atoms with Crippen molar-refractivity contribution in [3.8, 4) is 6.07 Å². The van der Waals surface area contributed by atoms with E-state index < -0.39 is 11.9 Å². The number of carboxylic acids is 1. The number of hydrogen-bond acceptors (Lipinski definition) is 4. The zero-order valence-electron chi connectivity index (χ0n) is 12.5. The van der Waals surface area contributed by atoms with Crippen molar-refractivity contribution < 1.29 is 19.4 Å². The fraction of sp³-hybridized carbons (Fsp3) is 0.312. The van der Waals surface area contributed by atoms with E-state index in [1.807, 2.05) is 6.92 Å². The van der Waals surface area contributed by atoms with Crippen molar-refractivity contribution >= 4 is 11.9 Å². The molecular weight excluding hydrogens is 270 g/mol. The number of carboxylic acid groups (broad SMARTS) is 1. The minimum absolute atomic E-state index is 0.0106. The molecule has 0 bridgehead atoms. The van der Waals surface area contributed by atoms with Crippen molar-refractivity contribution in [3.05, 3.63) is 50.1 Å². The fourth-order valence-corrected chi connectivity index (χ4v) is 0.666. The van der Waals surface area contributed by atoms with Gasteiger partial charge in [0.2, 0.25) is 0 Å². The molecule has 0 saturated heterocycles. The molecule has 0 spiro atoms. The molecule has 1 N–H and O–H groups in total. The normalized spacial score (nSPS) is 7.43. The summed E-state index contributed by atoms with van der Waals surface area (Å²) in [6.45, 7) is 15.5. The number of hydrogen-bond donors (Lipinski definition) is 1. The molecule has 0 aliphatic rings. The van der Waals surface area contributed by atoms with Crippen molar-refractivity contribution in [2.24, 2.45) is 0 Å². The third kappa shape index (κ3) is 26.8. The van der Waals surface area contributed by atoms with Crippen molar-refractivity contribution in [2.45, 2.75) is 26.2 Å². The molecule has 21 heavy (non-hydrogen) atoms. The topological polar surface area (TPSA) is 87.4 Å². The summed E-state index contributed by atoms with van der Waals surface area (Å²) in [4.78, 5) is 21.1. The minimum Gasteiger partial charge on any atom is -0.481 e. The van der Waals surface area contributed by atoms with Gasteiger partial charge in [-0.05, 0) is 6.42 Å². The third-order valence-corrected chi connectivity index (χ3v) is 1.64. The molecule has 0 aromatic carbocycles. The Bertz CT molecular complexity index is 386. The predicted molar refractivity (Wildman–Crippen MR) is 83.5 cm³/mol. The summed E-state index contributed by atoms with van der Waals surface area (Å²) in [7, 11) is 0. The second kappa shape index (κ2) is 19.7. The van der Waals surface area contributed by atoms with Gasteiger partial charge >= 0.3 is 11.9 Å². The first kappa shape index (κ1) is 23.5. The van der Waals surface area contributed by atoms with E-state index in [1.54, 1.807) is 18.2 Å². The lowest BCUT2D eigenvalue weighted by Gasteiger charge is -2.03. The molecule has 0 fully saturated rings. The fourth-order valence-electron chi connectivity index (χ4n) is 0.666. The lowest BCUT2D eigenvalue weighted by Crippen LogP contribution is -2.11. The second-order valence-corrected chi connectivity index (χ2v) is 3.47. The van der Waals surface area contributed by atoms with Crippen LogP contribution < -0.4 is 0 Å². The average molecular weight is 293 g/mol. The number of ether oxygens (including phenoxy) is 1. The minimum atomic E-state index is -1.07. The second-order valence-electron chi connectivity index (χ2n) is 3.47. The molecule has 0 aromatic heterocycles. The van der Waals surface area contributed by atoms with E-state index in [9.17, 15) is 9.59 Å². The summed E-state index contributed by atoms with van der Waals surface area (Å²) in [6, 6.07) is 1.69. The summed E-state index contributed by atoms with van der Waals surface area (Å²) in [5, 5.41) is 15.8. The van der Waals surface area contributed by atoms with Gasteiger partial charge in [0.25, 0.3) is 0 Å². The van der Waals surface area contributed by atoms with Crippen LogP contribution in [0.5, 0.6) is 0 Å².